The summed E-state index contributed by atoms with van der Waals surface area (Å²) in [6.07, 6.45) is 1.25. The number of hydrogen-bond donors (Lipinski definition) is 1. The van der Waals surface area contributed by atoms with Crippen molar-refractivity contribution >= 4 is 22.9 Å². The number of hydrogen-bond acceptors (Lipinski definition) is 5. The zero-order chi connectivity index (χ0) is 21.3. The van der Waals surface area contributed by atoms with Crippen molar-refractivity contribution in [2.75, 3.05) is 11.9 Å². The monoisotopic (exact) mass is 422 g/mol. The minimum absolute atomic E-state index is 0.0982. The van der Waals surface area contributed by atoms with Crippen molar-refractivity contribution < 1.29 is 14.3 Å². The summed E-state index contributed by atoms with van der Waals surface area (Å²) in [7, 11) is 0. The topological polar surface area (TPSA) is 60.5 Å². The molecule has 2 aromatic carbocycles. The second-order valence-corrected chi connectivity index (χ2v) is 8.91. The maximum atomic E-state index is 12.9. The van der Waals surface area contributed by atoms with E-state index in [4.69, 9.17) is 9.47 Å². The molecule has 2 heterocycles. The van der Waals surface area contributed by atoms with Gasteiger partial charge in [-0.15, -0.1) is 11.3 Å². The van der Waals surface area contributed by atoms with Crippen LogP contribution < -0.4 is 14.8 Å². The maximum Gasteiger partial charge on any atom is 0.229 e. The molecule has 0 fully saturated rings. The lowest BCUT2D eigenvalue weighted by Gasteiger charge is -2.13. The lowest BCUT2D eigenvalue weighted by molar-refractivity contribution is -0.115. The van der Waals surface area contributed by atoms with E-state index >= 15 is 0 Å². The van der Waals surface area contributed by atoms with Crippen molar-refractivity contribution in [2.24, 2.45) is 0 Å². The molecular formula is C24H26N2O3S. The Bertz CT molecular complexity index is 1070. The fraction of sp³-hybridized carbons (Fsp3) is 0.333. The Morgan fingerprint density at radius 1 is 1.27 bits per heavy atom. The van der Waals surface area contributed by atoms with Gasteiger partial charge in [0, 0.05) is 28.5 Å². The van der Waals surface area contributed by atoms with Gasteiger partial charge in [0.15, 0.2) is 0 Å². The number of thiazole rings is 1. The van der Waals surface area contributed by atoms with Crippen LogP contribution in [0.4, 0.5) is 5.69 Å². The molecule has 3 aromatic rings. The lowest BCUT2D eigenvalue weighted by atomic mass is 10.1. The first kappa shape index (κ1) is 20.4. The lowest BCUT2D eigenvalue weighted by Crippen LogP contribution is -2.15. The summed E-state index contributed by atoms with van der Waals surface area (Å²) in [5.74, 6) is 1.40. The number of nitrogens with one attached hydrogen (secondary N) is 1. The molecule has 1 amide bonds. The van der Waals surface area contributed by atoms with Crippen molar-refractivity contribution in [3.05, 3.63) is 57.4 Å². The van der Waals surface area contributed by atoms with Gasteiger partial charge in [-0.3, -0.25) is 4.79 Å². The molecule has 30 heavy (non-hydrogen) atoms. The van der Waals surface area contributed by atoms with Crippen molar-refractivity contribution in [3.8, 4) is 22.8 Å². The number of benzene rings is 2. The van der Waals surface area contributed by atoms with Gasteiger partial charge < -0.3 is 14.8 Å². The average Bonchev–Trinajstić information content (AvgIpc) is 3.23. The largest absolute Gasteiger partial charge is 0.492 e. The van der Waals surface area contributed by atoms with Gasteiger partial charge in [-0.2, -0.15) is 0 Å². The van der Waals surface area contributed by atoms with Gasteiger partial charge in [-0.25, -0.2) is 4.98 Å². The second kappa shape index (κ2) is 8.48. The Morgan fingerprint density at radius 2 is 2.03 bits per heavy atom. The smallest absolute Gasteiger partial charge is 0.229 e. The van der Waals surface area contributed by atoms with E-state index in [1.54, 1.807) is 11.3 Å². The highest BCUT2D eigenvalue weighted by molar-refractivity contribution is 7.12. The van der Waals surface area contributed by atoms with Gasteiger partial charge >= 0.3 is 0 Å². The number of fused-ring (bicyclic) bond motifs is 1. The molecule has 0 saturated heterocycles. The fourth-order valence-corrected chi connectivity index (χ4v) is 4.64. The van der Waals surface area contributed by atoms with Crippen molar-refractivity contribution in [2.45, 2.75) is 46.6 Å². The predicted octanol–water partition coefficient (Wildman–Crippen LogP) is 5.33. The predicted molar refractivity (Wildman–Crippen MR) is 121 cm³/mol. The normalized spacial score (nSPS) is 14.9. The first-order valence-corrected chi connectivity index (χ1v) is 11.0. The molecule has 156 valence electrons. The first-order chi connectivity index (χ1) is 14.4. The molecule has 0 aliphatic carbocycles. The van der Waals surface area contributed by atoms with Crippen LogP contribution in [0.3, 0.4) is 0 Å². The number of aryl methyl sites for hydroxylation is 2. The number of ether oxygens (including phenoxy) is 2. The summed E-state index contributed by atoms with van der Waals surface area (Å²) < 4.78 is 11.6. The van der Waals surface area contributed by atoms with Crippen molar-refractivity contribution in [1.82, 2.24) is 4.98 Å². The van der Waals surface area contributed by atoms with E-state index in [9.17, 15) is 4.79 Å². The number of carbonyl (C=O) groups is 1. The zero-order valence-corrected chi connectivity index (χ0v) is 18.6. The molecule has 1 N–H and O–H groups in total. The van der Waals surface area contributed by atoms with Crippen LogP contribution in [-0.2, 0) is 17.6 Å². The van der Waals surface area contributed by atoms with Crippen LogP contribution in [0.2, 0.25) is 0 Å². The summed E-state index contributed by atoms with van der Waals surface area (Å²) in [5, 5.41) is 3.97. The van der Waals surface area contributed by atoms with Gasteiger partial charge in [0.25, 0.3) is 0 Å². The first-order valence-electron chi connectivity index (χ1n) is 10.2. The average molecular weight is 423 g/mol. The van der Waals surface area contributed by atoms with Gasteiger partial charge in [0.1, 0.15) is 17.6 Å². The number of nitrogens with zero attached hydrogens (tertiary/aromatic N) is 1. The molecule has 1 atom stereocenters. The van der Waals surface area contributed by atoms with E-state index in [0.29, 0.717) is 18.0 Å². The van der Waals surface area contributed by atoms with Crippen LogP contribution in [0.25, 0.3) is 11.3 Å². The molecule has 1 aliphatic rings. The molecule has 1 unspecified atom stereocenters. The molecule has 0 saturated carbocycles. The Kier molecular flexibility index (Phi) is 5.77. The van der Waals surface area contributed by atoms with Crippen molar-refractivity contribution in [1.29, 1.82) is 0 Å². The van der Waals surface area contributed by atoms with Crippen molar-refractivity contribution in [3.63, 3.8) is 0 Å². The standard InChI is InChI=1S/C24H26N2O3S/c1-5-28-21-11-18-10-15(3)29-20(18)12-19(21)26-23(27)13-22-24(25-16(4)30-22)17-8-6-14(2)7-9-17/h6-9,11-12,15H,5,10,13H2,1-4H3,(H,26,27). The van der Waals surface area contributed by atoms with E-state index in [-0.39, 0.29) is 18.4 Å². The molecule has 4 rings (SSSR count). The highest BCUT2D eigenvalue weighted by atomic mass is 32.1. The van der Waals surface area contributed by atoms with E-state index < -0.39 is 0 Å². The Balaban J connectivity index is 1.56. The Labute approximate surface area is 181 Å². The summed E-state index contributed by atoms with van der Waals surface area (Å²) >= 11 is 1.56. The number of carbonyl (C=O) groups excluding carboxylic acids is 1. The number of aromatic nitrogens is 1. The molecule has 6 heteroatoms. The summed E-state index contributed by atoms with van der Waals surface area (Å²) in [4.78, 5) is 18.5. The van der Waals surface area contributed by atoms with Crippen LogP contribution in [0.5, 0.6) is 11.5 Å². The van der Waals surface area contributed by atoms with E-state index in [0.717, 1.165) is 38.9 Å². The van der Waals surface area contributed by atoms with Crippen LogP contribution in [0, 0.1) is 13.8 Å². The fourth-order valence-electron chi connectivity index (χ4n) is 3.68. The molecular weight excluding hydrogens is 396 g/mol. The second-order valence-electron chi connectivity index (χ2n) is 7.62. The quantitative estimate of drug-likeness (QED) is 0.583. The third-order valence-electron chi connectivity index (χ3n) is 5.02. The third-order valence-corrected chi connectivity index (χ3v) is 5.99. The van der Waals surface area contributed by atoms with Crippen LogP contribution in [0.1, 0.15) is 34.9 Å². The van der Waals surface area contributed by atoms with Gasteiger partial charge in [-0.05, 0) is 33.8 Å². The van der Waals surface area contributed by atoms with Gasteiger partial charge in [0.2, 0.25) is 5.91 Å². The SMILES string of the molecule is CCOc1cc2c(cc1NC(=O)Cc1sc(C)nc1-c1ccc(C)cc1)OC(C)C2. The Morgan fingerprint density at radius 3 is 2.77 bits per heavy atom. The zero-order valence-electron chi connectivity index (χ0n) is 17.7. The third kappa shape index (κ3) is 4.33. The number of rotatable bonds is 6. The molecule has 5 nitrogen and oxygen atoms in total. The summed E-state index contributed by atoms with van der Waals surface area (Å²) in [6, 6.07) is 12.1. The van der Waals surface area contributed by atoms with Gasteiger partial charge in [-0.1, -0.05) is 29.8 Å². The van der Waals surface area contributed by atoms with E-state index in [2.05, 4.69) is 41.5 Å². The minimum atomic E-state index is -0.0982. The van der Waals surface area contributed by atoms with Crippen LogP contribution >= 0.6 is 11.3 Å². The highest BCUT2D eigenvalue weighted by Gasteiger charge is 2.23. The van der Waals surface area contributed by atoms with Crippen LogP contribution in [0.15, 0.2) is 36.4 Å². The number of amides is 1. The number of anilines is 1. The van der Waals surface area contributed by atoms with E-state index in [1.807, 2.05) is 32.9 Å². The minimum Gasteiger partial charge on any atom is -0.492 e. The maximum absolute atomic E-state index is 12.9. The molecule has 1 aromatic heterocycles. The van der Waals surface area contributed by atoms with E-state index in [1.165, 1.54) is 5.56 Å². The Hall–Kier alpha value is -2.86. The molecule has 0 radical (unpaired) electrons. The molecule has 0 bridgehead atoms. The van der Waals surface area contributed by atoms with Gasteiger partial charge in [0.05, 0.1) is 29.4 Å². The molecule has 1 aliphatic heterocycles. The highest BCUT2D eigenvalue weighted by Crippen LogP contribution is 2.38. The molecule has 0 spiro atoms. The van der Waals surface area contributed by atoms with Crippen LogP contribution in [-0.4, -0.2) is 23.6 Å². The summed E-state index contributed by atoms with van der Waals surface area (Å²) in [6.45, 7) is 8.53. The summed E-state index contributed by atoms with van der Waals surface area (Å²) in [5.41, 5.74) is 4.87.